The molecule has 7 nitrogen and oxygen atoms in total. The molecule has 0 unspecified atom stereocenters. The minimum atomic E-state index is -3.70. The van der Waals surface area contributed by atoms with Gasteiger partial charge >= 0.3 is 0 Å². The van der Waals surface area contributed by atoms with E-state index in [1.807, 2.05) is 13.8 Å². The van der Waals surface area contributed by atoms with Gasteiger partial charge in [0.25, 0.3) is 5.69 Å². The zero-order valence-corrected chi connectivity index (χ0v) is 12.5. The Morgan fingerprint density at radius 3 is 2.35 bits per heavy atom. The normalized spacial score (nSPS) is 11.6. The molecule has 0 saturated heterocycles. The van der Waals surface area contributed by atoms with Gasteiger partial charge in [-0.25, -0.2) is 13.1 Å². The molecule has 0 aromatic heterocycles. The van der Waals surface area contributed by atoms with Gasteiger partial charge in [0.1, 0.15) is 4.90 Å². The van der Waals surface area contributed by atoms with Gasteiger partial charge in [0, 0.05) is 25.2 Å². The van der Waals surface area contributed by atoms with E-state index in [0.717, 1.165) is 0 Å². The zero-order chi connectivity index (χ0) is 15.3. The van der Waals surface area contributed by atoms with E-state index >= 15 is 0 Å². The van der Waals surface area contributed by atoms with Crippen LogP contribution in [0.15, 0.2) is 23.1 Å². The lowest BCUT2D eigenvalue weighted by Crippen LogP contribution is -2.34. The Labute approximate surface area is 118 Å². The van der Waals surface area contributed by atoms with E-state index in [4.69, 9.17) is 0 Å². The first-order chi connectivity index (χ1) is 9.35. The minimum Gasteiger partial charge on any atom is -0.387 e. The van der Waals surface area contributed by atoms with Gasteiger partial charge < -0.3 is 5.32 Å². The van der Waals surface area contributed by atoms with Crippen LogP contribution in [0.2, 0.25) is 0 Å². The molecule has 20 heavy (non-hydrogen) atoms. The highest BCUT2D eigenvalue weighted by atomic mass is 32.2. The van der Waals surface area contributed by atoms with Crippen molar-refractivity contribution in [1.82, 2.24) is 4.72 Å². The monoisotopic (exact) mass is 301 g/mol. The summed E-state index contributed by atoms with van der Waals surface area (Å²) in [5, 5.41) is 13.4. The van der Waals surface area contributed by atoms with E-state index in [0.29, 0.717) is 12.8 Å². The van der Waals surface area contributed by atoms with E-state index in [1.54, 1.807) is 0 Å². The summed E-state index contributed by atoms with van der Waals surface area (Å²) >= 11 is 0. The SMILES string of the molecule is CCC(CC)NS(=O)(=O)c1ccc([N+](=O)[O-])cc1NC. The number of hydrogen-bond acceptors (Lipinski definition) is 5. The van der Waals surface area contributed by atoms with Crippen LogP contribution in [-0.4, -0.2) is 26.4 Å². The molecule has 0 radical (unpaired) electrons. The number of nitrogens with one attached hydrogen (secondary N) is 2. The molecule has 0 fully saturated rings. The van der Waals surface area contributed by atoms with Crippen molar-refractivity contribution in [2.75, 3.05) is 12.4 Å². The van der Waals surface area contributed by atoms with E-state index in [2.05, 4.69) is 10.0 Å². The van der Waals surface area contributed by atoms with Crippen LogP contribution in [-0.2, 0) is 10.0 Å². The smallest absolute Gasteiger partial charge is 0.271 e. The lowest BCUT2D eigenvalue weighted by Gasteiger charge is -2.16. The molecule has 0 amide bonds. The molecule has 0 aliphatic heterocycles. The molecule has 0 aliphatic rings. The molecule has 0 saturated carbocycles. The molecular weight excluding hydrogens is 282 g/mol. The fraction of sp³-hybridized carbons (Fsp3) is 0.500. The molecule has 1 aromatic carbocycles. The van der Waals surface area contributed by atoms with Crippen LogP contribution in [0.25, 0.3) is 0 Å². The van der Waals surface area contributed by atoms with Gasteiger partial charge in [-0.1, -0.05) is 13.8 Å². The van der Waals surface area contributed by atoms with Crippen LogP contribution in [0, 0.1) is 10.1 Å². The molecule has 1 rings (SSSR count). The third kappa shape index (κ3) is 3.67. The number of nitro benzene ring substituents is 1. The summed E-state index contributed by atoms with van der Waals surface area (Å²) in [5.41, 5.74) is 0.0495. The standard InChI is InChI=1S/C12H19N3O4S/c1-4-9(5-2)14-20(18,19)12-7-6-10(15(16)17)8-11(12)13-3/h6-9,13-14H,4-5H2,1-3H3. The quantitative estimate of drug-likeness (QED) is 0.593. The number of anilines is 1. The van der Waals surface area contributed by atoms with Crippen LogP contribution < -0.4 is 10.0 Å². The van der Waals surface area contributed by atoms with Crippen LogP contribution in [0.4, 0.5) is 11.4 Å². The fourth-order valence-electron chi connectivity index (χ4n) is 1.80. The molecule has 8 heteroatoms. The average molecular weight is 301 g/mol. The molecule has 2 N–H and O–H groups in total. The third-order valence-corrected chi connectivity index (χ3v) is 4.62. The lowest BCUT2D eigenvalue weighted by atomic mass is 10.2. The first-order valence-electron chi connectivity index (χ1n) is 6.34. The van der Waals surface area contributed by atoms with Gasteiger partial charge in [-0.15, -0.1) is 0 Å². The largest absolute Gasteiger partial charge is 0.387 e. The Kier molecular flexibility index (Phi) is 5.46. The number of hydrogen-bond donors (Lipinski definition) is 2. The van der Waals surface area contributed by atoms with Gasteiger partial charge in [0.2, 0.25) is 10.0 Å². The number of sulfonamides is 1. The summed E-state index contributed by atoms with van der Waals surface area (Å²) in [4.78, 5) is 10.2. The molecular formula is C12H19N3O4S. The molecule has 0 heterocycles. The summed E-state index contributed by atoms with van der Waals surface area (Å²) < 4.78 is 27.2. The van der Waals surface area contributed by atoms with Crippen molar-refractivity contribution >= 4 is 21.4 Å². The van der Waals surface area contributed by atoms with E-state index in [-0.39, 0.29) is 22.3 Å². The molecule has 0 bridgehead atoms. The second-order valence-electron chi connectivity index (χ2n) is 4.32. The fourth-order valence-corrected chi connectivity index (χ4v) is 3.40. The summed E-state index contributed by atoms with van der Waals surface area (Å²) in [6.45, 7) is 3.79. The second kappa shape index (κ2) is 6.67. The summed E-state index contributed by atoms with van der Waals surface area (Å²) in [5.74, 6) is 0. The minimum absolute atomic E-state index is 0.0116. The first-order valence-corrected chi connectivity index (χ1v) is 7.82. The molecule has 112 valence electrons. The van der Waals surface area contributed by atoms with Crippen LogP contribution >= 0.6 is 0 Å². The lowest BCUT2D eigenvalue weighted by molar-refractivity contribution is -0.384. The van der Waals surface area contributed by atoms with Gasteiger partial charge in [0.05, 0.1) is 10.6 Å². The predicted molar refractivity (Wildman–Crippen MR) is 77.3 cm³/mol. The van der Waals surface area contributed by atoms with Gasteiger partial charge in [0.15, 0.2) is 0 Å². The van der Waals surface area contributed by atoms with Crippen molar-refractivity contribution in [3.63, 3.8) is 0 Å². The number of non-ortho nitro benzene ring substituents is 1. The second-order valence-corrected chi connectivity index (χ2v) is 6.00. The summed E-state index contributed by atoms with van der Waals surface area (Å²) in [6, 6.07) is 3.48. The molecule has 0 spiro atoms. The van der Waals surface area contributed by atoms with Crippen molar-refractivity contribution in [1.29, 1.82) is 0 Å². The van der Waals surface area contributed by atoms with Crippen LogP contribution in [0.1, 0.15) is 26.7 Å². The summed E-state index contributed by atoms with van der Waals surface area (Å²) in [6.07, 6.45) is 1.36. The van der Waals surface area contributed by atoms with Crippen molar-refractivity contribution in [3.8, 4) is 0 Å². The number of nitrogens with zero attached hydrogens (tertiary/aromatic N) is 1. The van der Waals surface area contributed by atoms with E-state index < -0.39 is 14.9 Å². The molecule has 1 aromatic rings. The highest BCUT2D eigenvalue weighted by Crippen LogP contribution is 2.26. The predicted octanol–water partition coefficient (Wildman–Crippen LogP) is 2.10. The van der Waals surface area contributed by atoms with Crippen molar-refractivity contribution in [2.45, 2.75) is 37.6 Å². The summed E-state index contributed by atoms with van der Waals surface area (Å²) in [7, 11) is -2.18. The maximum Gasteiger partial charge on any atom is 0.271 e. The molecule has 0 aliphatic carbocycles. The Balaban J connectivity index is 3.21. The highest BCUT2D eigenvalue weighted by Gasteiger charge is 2.23. The number of rotatable bonds is 7. The van der Waals surface area contributed by atoms with Crippen LogP contribution in [0.5, 0.6) is 0 Å². The number of benzene rings is 1. The topological polar surface area (TPSA) is 101 Å². The number of nitro groups is 1. The Morgan fingerprint density at radius 1 is 1.30 bits per heavy atom. The van der Waals surface area contributed by atoms with Gasteiger partial charge in [-0.2, -0.15) is 0 Å². The average Bonchev–Trinajstić information content (AvgIpc) is 2.43. The maximum atomic E-state index is 12.3. The van der Waals surface area contributed by atoms with Crippen molar-refractivity contribution in [2.24, 2.45) is 0 Å². The Hall–Kier alpha value is -1.67. The maximum absolute atomic E-state index is 12.3. The van der Waals surface area contributed by atoms with Crippen molar-refractivity contribution in [3.05, 3.63) is 28.3 Å². The highest BCUT2D eigenvalue weighted by molar-refractivity contribution is 7.89. The van der Waals surface area contributed by atoms with E-state index in [1.165, 1.54) is 25.2 Å². The van der Waals surface area contributed by atoms with Gasteiger partial charge in [-0.3, -0.25) is 10.1 Å². The Morgan fingerprint density at radius 2 is 1.90 bits per heavy atom. The Bertz CT molecular complexity index is 582. The van der Waals surface area contributed by atoms with Gasteiger partial charge in [-0.05, 0) is 18.9 Å². The van der Waals surface area contributed by atoms with Crippen molar-refractivity contribution < 1.29 is 13.3 Å². The van der Waals surface area contributed by atoms with Crippen LogP contribution in [0.3, 0.4) is 0 Å². The first kappa shape index (κ1) is 16.4. The third-order valence-electron chi connectivity index (χ3n) is 3.04. The zero-order valence-electron chi connectivity index (χ0n) is 11.7. The van der Waals surface area contributed by atoms with E-state index in [9.17, 15) is 18.5 Å². The molecule has 0 atom stereocenters.